The smallest absolute Gasteiger partial charge is 0.235 e. The van der Waals surface area contributed by atoms with Crippen molar-refractivity contribution >= 4 is 15.9 Å². The molecule has 0 saturated heterocycles. The summed E-state index contributed by atoms with van der Waals surface area (Å²) in [7, 11) is 0.757. The van der Waals surface area contributed by atoms with Crippen molar-refractivity contribution in [3.8, 4) is 11.5 Å². The van der Waals surface area contributed by atoms with Crippen LogP contribution in [0.4, 0.5) is 0 Å². The molecule has 0 radical (unpaired) electrons. The summed E-state index contributed by atoms with van der Waals surface area (Å²) in [5.74, 6) is 0.205. The highest BCUT2D eigenvalue weighted by atomic mass is 32.2. The monoisotopic (exact) mass is 346 g/mol. The minimum atomic E-state index is -3.70. The molecular weight excluding hydrogens is 324 g/mol. The zero-order valence-corrected chi connectivity index (χ0v) is 14.2. The van der Waals surface area contributed by atoms with Crippen molar-refractivity contribution in [3.63, 3.8) is 0 Å². The van der Waals surface area contributed by atoms with Crippen molar-refractivity contribution in [1.29, 1.82) is 0 Å². The van der Waals surface area contributed by atoms with E-state index in [1.54, 1.807) is 18.2 Å². The standard InChI is InChI=1S/C14H22N2O6S/c1-20-7-6-15-14(17)9-16-23(18,19)10-11-8-12(21-2)4-5-13(11)22-3/h4-5,8,16H,6-7,9-10H2,1-3H3,(H,15,17). The molecule has 0 fully saturated rings. The van der Waals surface area contributed by atoms with Crippen molar-refractivity contribution in [2.75, 3.05) is 41.0 Å². The molecule has 0 aliphatic heterocycles. The Kier molecular flexibility index (Phi) is 7.79. The fourth-order valence-corrected chi connectivity index (χ4v) is 2.87. The SMILES string of the molecule is COCCNC(=O)CNS(=O)(=O)Cc1cc(OC)ccc1OC. The predicted molar refractivity (Wildman–Crippen MR) is 85.1 cm³/mol. The Balaban J connectivity index is 2.66. The van der Waals surface area contributed by atoms with Gasteiger partial charge in [0.05, 0.1) is 33.1 Å². The Morgan fingerprint density at radius 2 is 1.91 bits per heavy atom. The second-order valence-corrected chi connectivity index (χ2v) is 6.41. The van der Waals surface area contributed by atoms with E-state index in [9.17, 15) is 13.2 Å². The first-order chi connectivity index (χ1) is 10.9. The number of hydrogen-bond acceptors (Lipinski definition) is 6. The van der Waals surface area contributed by atoms with E-state index in [0.29, 0.717) is 30.2 Å². The molecule has 0 heterocycles. The molecule has 1 aromatic rings. The summed E-state index contributed by atoms with van der Waals surface area (Å²) in [5, 5.41) is 2.53. The van der Waals surface area contributed by atoms with Gasteiger partial charge in [-0.3, -0.25) is 4.79 Å². The van der Waals surface area contributed by atoms with E-state index in [0.717, 1.165) is 0 Å². The third-order valence-corrected chi connectivity index (χ3v) is 4.19. The molecule has 1 rings (SSSR count). The number of methoxy groups -OCH3 is 3. The molecule has 130 valence electrons. The van der Waals surface area contributed by atoms with E-state index in [1.807, 2.05) is 0 Å². The number of nitrogens with one attached hydrogen (secondary N) is 2. The van der Waals surface area contributed by atoms with Gasteiger partial charge in [0, 0.05) is 19.2 Å². The lowest BCUT2D eigenvalue weighted by Gasteiger charge is -2.12. The topological polar surface area (TPSA) is 103 Å². The Labute approximate surface area is 136 Å². The summed E-state index contributed by atoms with van der Waals surface area (Å²) in [4.78, 5) is 11.5. The number of carbonyl (C=O) groups is 1. The van der Waals surface area contributed by atoms with Crippen LogP contribution in [0.25, 0.3) is 0 Å². The first kappa shape index (κ1) is 19.2. The fraction of sp³-hybridized carbons (Fsp3) is 0.500. The van der Waals surface area contributed by atoms with Crippen LogP contribution in [0.5, 0.6) is 11.5 Å². The van der Waals surface area contributed by atoms with E-state index in [4.69, 9.17) is 14.2 Å². The van der Waals surface area contributed by atoms with Crippen LogP contribution >= 0.6 is 0 Å². The number of sulfonamides is 1. The molecule has 9 heteroatoms. The van der Waals surface area contributed by atoms with Crippen molar-refractivity contribution in [2.45, 2.75) is 5.75 Å². The zero-order valence-electron chi connectivity index (χ0n) is 13.4. The highest BCUT2D eigenvalue weighted by Crippen LogP contribution is 2.25. The van der Waals surface area contributed by atoms with Gasteiger partial charge in [-0.2, -0.15) is 0 Å². The minimum absolute atomic E-state index is 0.320. The van der Waals surface area contributed by atoms with Crippen LogP contribution in [-0.4, -0.2) is 55.4 Å². The van der Waals surface area contributed by atoms with Gasteiger partial charge < -0.3 is 19.5 Å². The average molecular weight is 346 g/mol. The normalized spacial score (nSPS) is 11.1. The molecule has 0 bridgehead atoms. The van der Waals surface area contributed by atoms with Crippen LogP contribution in [0.1, 0.15) is 5.56 Å². The third-order valence-electron chi connectivity index (χ3n) is 2.91. The van der Waals surface area contributed by atoms with Gasteiger partial charge in [0.1, 0.15) is 11.5 Å². The van der Waals surface area contributed by atoms with Gasteiger partial charge >= 0.3 is 0 Å². The molecule has 0 aromatic heterocycles. The molecule has 0 saturated carbocycles. The van der Waals surface area contributed by atoms with E-state index in [-0.39, 0.29) is 12.3 Å². The van der Waals surface area contributed by atoms with Crippen LogP contribution in [0, 0.1) is 0 Å². The van der Waals surface area contributed by atoms with Crippen LogP contribution in [0.2, 0.25) is 0 Å². The lowest BCUT2D eigenvalue weighted by molar-refractivity contribution is -0.120. The number of benzene rings is 1. The predicted octanol–water partition coefficient (Wildman–Crippen LogP) is -0.114. The van der Waals surface area contributed by atoms with E-state index < -0.39 is 15.9 Å². The molecule has 23 heavy (non-hydrogen) atoms. The number of ether oxygens (including phenoxy) is 3. The van der Waals surface area contributed by atoms with Crippen LogP contribution in [0.3, 0.4) is 0 Å². The van der Waals surface area contributed by atoms with Crippen molar-refractivity contribution < 1.29 is 27.4 Å². The van der Waals surface area contributed by atoms with Gasteiger partial charge in [0.15, 0.2) is 0 Å². The molecule has 1 amide bonds. The average Bonchev–Trinajstić information content (AvgIpc) is 2.53. The minimum Gasteiger partial charge on any atom is -0.497 e. The second kappa shape index (κ2) is 9.33. The molecule has 0 atom stereocenters. The lowest BCUT2D eigenvalue weighted by atomic mass is 10.2. The van der Waals surface area contributed by atoms with Gasteiger partial charge in [0.25, 0.3) is 0 Å². The van der Waals surface area contributed by atoms with Crippen LogP contribution < -0.4 is 19.5 Å². The molecule has 1 aromatic carbocycles. The van der Waals surface area contributed by atoms with Crippen molar-refractivity contribution in [2.24, 2.45) is 0 Å². The van der Waals surface area contributed by atoms with E-state index in [1.165, 1.54) is 21.3 Å². The molecule has 8 nitrogen and oxygen atoms in total. The third kappa shape index (κ3) is 6.85. The number of hydrogen-bond donors (Lipinski definition) is 2. The maximum absolute atomic E-state index is 12.1. The van der Waals surface area contributed by atoms with Crippen LogP contribution in [-0.2, 0) is 25.3 Å². The largest absolute Gasteiger partial charge is 0.497 e. The molecular formula is C14H22N2O6S. The van der Waals surface area contributed by atoms with E-state index in [2.05, 4.69) is 10.0 Å². The summed E-state index contributed by atoms with van der Waals surface area (Å²) in [6.07, 6.45) is 0. The van der Waals surface area contributed by atoms with Gasteiger partial charge in [-0.25, -0.2) is 13.1 Å². The first-order valence-corrected chi connectivity index (χ1v) is 8.51. The maximum atomic E-state index is 12.1. The van der Waals surface area contributed by atoms with Gasteiger partial charge in [-0.15, -0.1) is 0 Å². The van der Waals surface area contributed by atoms with Gasteiger partial charge in [0.2, 0.25) is 15.9 Å². The first-order valence-electron chi connectivity index (χ1n) is 6.85. The Hall–Kier alpha value is -1.84. The Morgan fingerprint density at radius 3 is 2.52 bits per heavy atom. The Morgan fingerprint density at radius 1 is 1.17 bits per heavy atom. The zero-order chi connectivity index (χ0) is 17.3. The molecule has 2 N–H and O–H groups in total. The Bertz CT molecular complexity index is 618. The number of carbonyl (C=O) groups excluding carboxylic acids is 1. The summed E-state index contributed by atoms with van der Waals surface area (Å²) in [5.41, 5.74) is 0.444. The maximum Gasteiger partial charge on any atom is 0.235 e. The van der Waals surface area contributed by atoms with Crippen LogP contribution in [0.15, 0.2) is 18.2 Å². The summed E-state index contributed by atoms with van der Waals surface area (Å²) in [6.45, 7) is 0.346. The van der Waals surface area contributed by atoms with Gasteiger partial charge in [-0.1, -0.05) is 0 Å². The van der Waals surface area contributed by atoms with Gasteiger partial charge in [-0.05, 0) is 18.2 Å². The molecule has 0 spiro atoms. The molecule has 0 aliphatic carbocycles. The highest BCUT2D eigenvalue weighted by molar-refractivity contribution is 7.88. The lowest BCUT2D eigenvalue weighted by Crippen LogP contribution is -2.38. The van der Waals surface area contributed by atoms with Crippen molar-refractivity contribution in [3.05, 3.63) is 23.8 Å². The second-order valence-electron chi connectivity index (χ2n) is 4.60. The summed E-state index contributed by atoms with van der Waals surface area (Å²) >= 11 is 0. The molecule has 0 unspecified atom stereocenters. The quantitative estimate of drug-likeness (QED) is 0.573. The number of rotatable bonds is 10. The summed E-state index contributed by atoms with van der Waals surface area (Å²) in [6, 6.07) is 4.88. The highest BCUT2D eigenvalue weighted by Gasteiger charge is 2.17. The molecule has 0 aliphatic rings. The number of amides is 1. The fourth-order valence-electron chi connectivity index (χ4n) is 1.78. The van der Waals surface area contributed by atoms with Crippen molar-refractivity contribution in [1.82, 2.24) is 10.0 Å². The van der Waals surface area contributed by atoms with E-state index >= 15 is 0 Å². The summed E-state index contributed by atoms with van der Waals surface area (Å²) < 4.78 is 41.4.